The zero-order valence-electron chi connectivity index (χ0n) is 22.9. The van der Waals surface area contributed by atoms with Crippen molar-refractivity contribution < 1.29 is 24.2 Å². The largest absolute Gasteiger partial charge is 0.496 e. The third-order valence-corrected chi connectivity index (χ3v) is 8.38. The second-order valence-electron chi connectivity index (χ2n) is 11.4. The summed E-state index contributed by atoms with van der Waals surface area (Å²) in [6.45, 7) is 7.53. The van der Waals surface area contributed by atoms with Crippen LogP contribution in [0.1, 0.15) is 51.3 Å². The average molecular weight is 554 g/mol. The highest BCUT2D eigenvalue weighted by molar-refractivity contribution is 7.13. The van der Waals surface area contributed by atoms with Crippen LogP contribution in [0.2, 0.25) is 0 Å². The fourth-order valence-corrected chi connectivity index (χ4v) is 5.62. The van der Waals surface area contributed by atoms with Crippen molar-refractivity contribution in [3.8, 4) is 22.3 Å². The fraction of sp³-hybridized carbons (Fsp3) is 0.536. The van der Waals surface area contributed by atoms with E-state index in [2.05, 4.69) is 21.7 Å². The van der Waals surface area contributed by atoms with Gasteiger partial charge in [0, 0.05) is 25.1 Å². The number of benzene rings is 1. The molecule has 39 heavy (non-hydrogen) atoms. The number of aryl methyl sites for hydroxylation is 1. The number of ether oxygens (including phenoxy) is 1. The molecule has 1 unspecified atom stereocenters. The predicted molar refractivity (Wildman–Crippen MR) is 145 cm³/mol. The van der Waals surface area contributed by atoms with Crippen LogP contribution in [0.3, 0.4) is 0 Å². The van der Waals surface area contributed by atoms with Gasteiger partial charge in [-0.15, -0.1) is 11.3 Å². The molecule has 2 heterocycles. The van der Waals surface area contributed by atoms with Gasteiger partial charge in [-0.3, -0.25) is 14.4 Å². The molecule has 1 aliphatic heterocycles. The zero-order chi connectivity index (χ0) is 28.5. The quantitative estimate of drug-likeness (QED) is 0.456. The minimum absolute atomic E-state index is 0.0189. The molecule has 10 nitrogen and oxygen atoms in total. The summed E-state index contributed by atoms with van der Waals surface area (Å²) in [6, 6.07) is 5.93. The molecule has 1 saturated heterocycles. The molecule has 2 aliphatic rings. The molecular formula is C28H35N5O5S. The lowest BCUT2D eigenvalue weighted by Crippen LogP contribution is -2.58. The Balaban J connectivity index is 1.47. The van der Waals surface area contributed by atoms with Crippen molar-refractivity contribution in [1.29, 1.82) is 5.26 Å². The van der Waals surface area contributed by atoms with E-state index in [1.807, 2.05) is 45.9 Å². The SMILES string of the molecule is COc1cc(-c2scnc2C)ccc1CNC(=O)C1C[C@@H](O)CN1C(=O)[C@@H](NC(=O)C1(C#N)CC1)C(C)(C)C. The molecule has 0 spiro atoms. The first-order valence-corrected chi connectivity index (χ1v) is 13.8. The summed E-state index contributed by atoms with van der Waals surface area (Å²) < 4.78 is 5.57. The van der Waals surface area contributed by atoms with Crippen LogP contribution in [-0.2, 0) is 20.9 Å². The zero-order valence-corrected chi connectivity index (χ0v) is 23.7. The number of carbonyl (C=O) groups is 3. The molecule has 208 valence electrons. The number of hydrogen-bond acceptors (Lipinski definition) is 8. The highest BCUT2D eigenvalue weighted by Gasteiger charge is 2.53. The monoisotopic (exact) mass is 553 g/mol. The molecule has 3 atom stereocenters. The lowest BCUT2D eigenvalue weighted by molar-refractivity contribution is -0.144. The average Bonchev–Trinajstić information content (AvgIpc) is 3.44. The summed E-state index contributed by atoms with van der Waals surface area (Å²) in [7, 11) is 1.57. The molecule has 1 saturated carbocycles. The Morgan fingerprint density at radius 3 is 2.62 bits per heavy atom. The third kappa shape index (κ3) is 5.92. The van der Waals surface area contributed by atoms with Gasteiger partial charge in [0.15, 0.2) is 0 Å². The number of β-amino-alcohol motifs (C(OH)–C–C–N with tert-alkyl or cyclic N) is 1. The molecule has 3 amide bonds. The van der Waals surface area contributed by atoms with E-state index >= 15 is 0 Å². The van der Waals surface area contributed by atoms with Crippen molar-refractivity contribution in [1.82, 2.24) is 20.5 Å². The van der Waals surface area contributed by atoms with E-state index < -0.39 is 46.7 Å². The van der Waals surface area contributed by atoms with Gasteiger partial charge in [0.05, 0.1) is 35.4 Å². The smallest absolute Gasteiger partial charge is 0.246 e. The van der Waals surface area contributed by atoms with E-state index in [1.165, 1.54) is 16.2 Å². The van der Waals surface area contributed by atoms with Crippen LogP contribution in [0, 0.1) is 29.1 Å². The van der Waals surface area contributed by atoms with Crippen LogP contribution in [0.25, 0.3) is 10.4 Å². The van der Waals surface area contributed by atoms with Gasteiger partial charge in [-0.1, -0.05) is 32.9 Å². The third-order valence-electron chi connectivity index (χ3n) is 7.40. The number of carbonyl (C=O) groups excluding carboxylic acids is 3. The molecule has 0 radical (unpaired) electrons. The van der Waals surface area contributed by atoms with E-state index in [0.717, 1.165) is 21.7 Å². The van der Waals surface area contributed by atoms with Crippen molar-refractivity contribution in [2.75, 3.05) is 13.7 Å². The van der Waals surface area contributed by atoms with Crippen LogP contribution < -0.4 is 15.4 Å². The Labute approximate surface area is 232 Å². The standard InChI is InChI=1S/C28H35N5O5S/c1-16-22(39-15-31-16)17-6-7-18(21(10-17)38-5)12-30-24(35)20-11-19(34)13-33(20)25(36)23(27(2,3)4)32-26(37)28(14-29)8-9-28/h6-7,10,15,19-20,23,34H,8-9,11-13H2,1-5H3,(H,30,35)(H,32,37)/t19-,20?,23-/m1/s1. The van der Waals surface area contributed by atoms with Crippen LogP contribution in [0.5, 0.6) is 5.75 Å². The van der Waals surface area contributed by atoms with Crippen LogP contribution >= 0.6 is 11.3 Å². The summed E-state index contributed by atoms with van der Waals surface area (Å²) in [4.78, 5) is 46.5. The Kier molecular flexibility index (Phi) is 8.00. The Bertz CT molecular complexity index is 1310. The first kappa shape index (κ1) is 28.5. The molecular weight excluding hydrogens is 518 g/mol. The van der Waals surface area contributed by atoms with Crippen LogP contribution in [0.4, 0.5) is 0 Å². The van der Waals surface area contributed by atoms with Gasteiger partial charge in [0.2, 0.25) is 17.7 Å². The highest BCUT2D eigenvalue weighted by atomic mass is 32.1. The lowest BCUT2D eigenvalue weighted by Gasteiger charge is -2.35. The molecule has 2 aromatic rings. The normalized spacial score (nSPS) is 20.6. The van der Waals surface area contributed by atoms with E-state index in [1.54, 1.807) is 12.6 Å². The van der Waals surface area contributed by atoms with Crippen molar-refractivity contribution >= 4 is 29.1 Å². The second-order valence-corrected chi connectivity index (χ2v) is 12.2. The maximum absolute atomic E-state index is 13.7. The van der Waals surface area contributed by atoms with E-state index in [9.17, 15) is 24.8 Å². The maximum atomic E-state index is 13.7. The number of nitrogens with zero attached hydrogens (tertiary/aromatic N) is 3. The number of nitriles is 1. The van der Waals surface area contributed by atoms with E-state index in [0.29, 0.717) is 18.6 Å². The second kappa shape index (κ2) is 10.9. The van der Waals surface area contributed by atoms with Crippen LogP contribution in [-0.4, -0.2) is 64.6 Å². The molecule has 1 aromatic carbocycles. The molecule has 1 aromatic heterocycles. The number of aromatic nitrogens is 1. The van der Waals surface area contributed by atoms with Crippen molar-refractivity contribution in [3.05, 3.63) is 35.0 Å². The Morgan fingerprint density at radius 1 is 1.33 bits per heavy atom. The predicted octanol–water partition coefficient (Wildman–Crippen LogP) is 2.54. The number of methoxy groups -OCH3 is 1. The molecule has 0 bridgehead atoms. The number of thiazole rings is 1. The Morgan fingerprint density at radius 2 is 2.05 bits per heavy atom. The van der Waals surface area contributed by atoms with Crippen LogP contribution in [0.15, 0.2) is 23.7 Å². The molecule has 4 rings (SSSR count). The maximum Gasteiger partial charge on any atom is 0.246 e. The number of likely N-dealkylation sites (tertiary alicyclic amines) is 1. The van der Waals surface area contributed by atoms with Gasteiger partial charge >= 0.3 is 0 Å². The molecule has 11 heteroatoms. The van der Waals surface area contributed by atoms with Crippen molar-refractivity contribution in [2.45, 2.75) is 71.7 Å². The number of aliphatic hydroxyl groups is 1. The van der Waals surface area contributed by atoms with Gasteiger partial charge in [-0.25, -0.2) is 4.98 Å². The topological polar surface area (TPSA) is 145 Å². The number of hydrogen-bond donors (Lipinski definition) is 3. The number of nitrogens with one attached hydrogen (secondary N) is 2. The van der Waals surface area contributed by atoms with Crippen molar-refractivity contribution in [2.24, 2.45) is 10.8 Å². The summed E-state index contributed by atoms with van der Waals surface area (Å²) in [6.07, 6.45) is 0.140. The number of rotatable bonds is 8. The number of amides is 3. The van der Waals surface area contributed by atoms with Gasteiger partial charge < -0.3 is 25.4 Å². The molecule has 1 aliphatic carbocycles. The highest BCUT2D eigenvalue weighted by Crippen LogP contribution is 2.45. The van der Waals surface area contributed by atoms with Gasteiger partial charge in [0.25, 0.3) is 0 Å². The van der Waals surface area contributed by atoms with Gasteiger partial charge in [-0.05, 0) is 36.8 Å². The molecule has 3 N–H and O–H groups in total. The minimum atomic E-state index is -1.08. The van der Waals surface area contributed by atoms with E-state index in [-0.39, 0.29) is 19.5 Å². The summed E-state index contributed by atoms with van der Waals surface area (Å²) in [5.41, 5.74) is 2.68. The van der Waals surface area contributed by atoms with E-state index in [4.69, 9.17) is 4.74 Å². The Hall–Kier alpha value is -3.49. The summed E-state index contributed by atoms with van der Waals surface area (Å²) in [5.74, 6) is -0.716. The first-order valence-electron chi connectivity index (χ1n) is 13.0. The summed E-state index contributed by atoms with van der Waals surface area (Å²) >= 11 is 1.54. The van der Waals surface area contributed by atoms with Gasteiger partial charge in [0.1, 0.15) is 23.2 Å². The lowest BCUT2D eigenvalue weighted by atomic mass is 9.85. The van der Waals surface area contributed by atoms with Crippen molar-refractivity contribution in [3.63, 3.8) is 0 Å². The summed E-state index contributed by atoms with van der Waals surface area (Å²) in [5, 5.41) is 25.5. The first-order chi connectivity index (χ1) is 18.4. The number of aliphatic hydroxyl groups excluding tert-OH is 1. The van der Waals surface area contributed by atoms with Gasteiger partial charge in [-0.2, -0.15) is 5.26 Å². The fourth-order valence-electron chi connectivity index (χ4n) is 4.82. The minimum Gasteiger partial charge on any atom is -0.496 e. The molecule has 2 fully saturated rings.